The van der Waals surface area contributed by atoms with Gasteiger partial charge in [-0.3, -0.25) is 9.59 Å². The molecule has 1 fully saturated rings. The van der Waals surface area contributed by atoms with E-state index in [1.807, 2.05) is 24.3 Å². The fourth-order valence-corrected chi connectivity index (χ4v) is 4.00. The Morgan fingerprint density at radius 3 is 2.80 bits per heavy atom. The summed E-state index contributed by atoms with van der Waals surface area (Å²) < 4.78 is 10.4. The topological polar surface area (TPSA) is 71.8 Å². The van der Waals surface area contributed by atoms with Crippen molar-refractivity contribution in [3.8, 4) is 5.75 Å². The Morgan fingerprint density at radius 2 is 2.16 bits per heavy atom. The number of hydrogen-bond donors (Lipinski definition) is 1. The van der Waals surface area contributed by atoms with Crippen LogP contribution in [0.1, 0.15) is 23.6 Å². The summed E-state index contributed by atoms with van der Waals surface area (Å²) in [6.07, 6.45) is 1.56. The van der Waals surface area contributed by atoms with Crippen LogP contribution in [-0.4, -0.2) is 35.6 Å². The van der Waals surface area contributed by atoms with E-state index in [0.717, 1.165) is 11.3 Å². The minimum Gasteiger partial charge on any atom is -0.497 e. The number of ether oxygens (including phenoxy) is 1. The predicted molar refractivity (Wildman–Crippen MR) is 95.1 cm³/mol. The van der Waals surface area contributed by atoms with Gasteiger partial charge in [-0.1, -0.05) is 12.1 Å². The van der Waals surface area contributed by atoms with Gasteiger partial charge in [0.25, 0.3) is 0 Å². The summed E-state index contributed by atoms with van der Waals surface area (Å²) in [6.45, 7) is 2.05. The van der Waals surface area contributed by atoms with Crippen LogP contribution in [0.4, 0.5) is 0 Å². The van der Waals surface area contributed by atoms with Crippen molar-refractivity contribution < 1.29 is 18.7 Å². The van der Waals surface area contributed by atoms with Gasteiger partial charge < -0.3 is 19.4 Å². The van der Waals surface area contributed by atoms with Crippen LogP contribution in [0.2, 0.25) is 0 Å². The van der Waals surface area contributed by atoms with Gasteiger partial charge in [0, 0.05) is 0 Å². The summed E-state index contributed by atoms with van der Waals surface area (Å²) in [5, 5.41) is 2.64. The minimum atomic E-state index is -0.565. The second-order valence-electron chi connectivity index (χ2n) is 5.71. The highest BCUT2D eigenvalue weighted by molar-refractivity contribution is 8.00. The summed E-state index contributed by atoms with van der Waals surface area (Å²) in [4.78, 5) is 26.5. The molecule has 2 unspecified atom stereocenters. The zero-order chi connectivity index (χ0) is 17.8. The molecule has 0 aliphatic carbocycles. The highest BCUT2D eigenvalue weighted by Gasteiger charge is 2.38. The first kappa shape index (κ1) is 17.4. The van der Waals surface area contributed by atoms with Crippen LogP contribution in [0.25, 0.3) is 0 Å². The lowest BCUT2D eigenvalue weighted by Crippen LogP contribution is -2.46. The van der Waals surface area contributed by atoms with Crippen LogP contribution in [0.3, 0.4) is 0 Å². The number of thioether (sulfide) groups is 1. The average molecular weight is 360 g/mol. The van der Waals surface area contributed by atoms with Gasteiger partial charge in [-0.2, -0.15) is 0 Å². The van der Waals surface area contributed by atoms with E-state index in [4.69, 9.17) is 9.15 Å². The number of amides is 2. The van der Waals surface area contributed by atoms with Crippen LogP contribution in [0.15, 0.2) is 47.1 Å². The van der Waals surface area contributed by atoms with Gasteiger partial charge in [0.05, 0.1) is 25.7 Å². The van der Waals surface area contributed by atoms with Crippen molar-refractivity contribution in [3.05, 3.63) is 54.0 Å². The molecule has 0 saturated carbocycles. The number of nitrogens with zero attached hydrogens (tertiary/aromatic N) is 1. The summed E-state index contributed by atoms with van der Waals surface area (Å²) in [5.74, 6) is 1.56. The third kappa shape index (κ3) is 3.82. The van der Waals surface area contributed by atoms with Gasteiger partial charge in [0.1, 0.15) is 22.9 Å². The maximum Gasteiger partial charge on any atom is 0.242 e. The molecule has 0 radical (unpaired) electrons. The lowest BCUT2D eigenvalue weighted by molar-refractivity contribution is -0.138. The number of hydrogen-bond acceptors (Lipinski definition) is 5. The Morgan fingerprint density at radius 1 is 1.40 bits per heavy atom. The Labute approximate surface area is 150 Å². The number of carbonyl (C=O) groups excluding carboxylic acids is 2. The van der Waals surface area contributed by atoms with Crippen molar-refractivity contribution in [3.63, 3.8) is 0 Å². The normalized spacial score (nSPS) is 18.2. The van der Waals surface area contributed by atoms with Gasteiger partial charge >= 0.3 is 0 Å². The Balaban J connectivity index is 1.70. The average Bonchev–Trinajstić information content (AvgIpc) is 3.28. The quantitative estimate of drug-likeness (QED) is 0.857. The number of methoxy groups -OCH3 is 1. The van der Waals surface area contributed by atoms with E-state index < -0.39 is 6.04 Å². The lowest BCUT2D eigenvalue weighted by Gasteiger charge is -2.29. The molecular formula is C18H20N2O4S. The number of carbonyl (C=O) groups is 2. The van der Waals surface area contributed by atoms with E-state index in [1.54, 1.807) is 37.3 Å². The van der Waals surface area contributed by atoms with Crippen LogP contribution < -0.4 is 10.1 Å². The Bertz CT molecular complexity index is 730. The molecule has 2 heterocycles. The molecule has 0 bridgehead atoms. The Hall–Kier alpha value is -2.41. The maximum atomic E-state index is 12.5. The van der Waals surface area contributed by atoms with Crippen molar-refractivity contribution in [2.75, 3.05) is 12.9 Å². The van der Waals surface area contributed by atoms with Crippen LogP contribution in [-0.2, 0) is 16.1 Å². The van der Waals surface area contributed by atoms with Crippen molar-refractivity contribution in [1.29, 1.82) is 0 Å². The fourth-order valence-electron chi connectivity index (χ4n) is 2.74. The van der Waals surface area contributed by atoms with Crippen molar-refractivity contribution >= 4 is 23.6 Å². The summed E-state index contributed by atoms with van der Waals surface area (Å²) >= 11 is 1.52. The zero-order valence-corrected chi connectivity index (χ0v) is 14.9. The molecule has 2 aromatic rings. The van der Waals surface area contributed by atoms with Gasteiger partial charge in [0.2, 0.25) is 11.8 Å². The van der Waals surface area contributed by atoms with Crippen molar-refractivity contribution in [1.82, 2.24) is 10.2 Å². The van der Waals surface area contributed by atoms with Crippen LogP contribution in [0, 0.1) is 0 Å². The van der Waals surface area contributed by atoms with Crippen LogP contribution in [0.5, 0.6) is 5.75 Å². The van der Waals surface area contributed by atoms with Gasteiger partial charge in [0.15, 0.2) is 0 Å². The second kappa shape index (κ2) is 7.65. The van der Waals surface area contributed by atoms with E-state index in [0.29, 0.717) is 18.1 Å². The maximum absolute atomic E-state index is 12.5. The molecule has 1 aromatic heterocycles. The smallest absolute Gasteiger partial charge is 0.242 e. The monoisotopic (exact) mass is 360 g/mol. The van der Waals surface area contributed by atoms with Gasteiger partial charge in [-0.25, -0.2) is 0 Å². The van der Waals surface area contributed by atoms with Gasteiger partial charge in [-0.05, 0) is 36.8 Å². The minimum absolute atomic E-state index is 0.0357. The molecule has 2 amide bonds. The molecule has 132 valence electrons. The molecule has 1 saturated heterocycles. The summed E-state index contributed by atoms with van der Waals surface area (Å²) in [7, 11) is 1.61. The molecule has 25 heavy (non-hydrogen) atoms. The van der Waals surface area contributed by atoms with Crippen molar-refractivity contribution in [2.45, 2.75) is 24.9 Å². The standard InChI is InChI=1S/C18H20N2O4S/c1-12(17(22)19-10-15-4-3-9-24-15)20-16(21)11-25-18(20)13-5-7-14(23-2)8-6-13/h3-9,12,18H,10-11H2,1-2H3,(H,19,22). The van der Waals surface area contributed by atoms with E-state index in [-0.39, 0.29) is 17.2 Å². The Kier molecular flexibility index (Phi) is 5.33. The third-order valence-corrected chi connectivity index (χ3v) is 5.35. The van der Waals surface area contributed by atoms with Crippen LogP contribution >= 0.6 is 11.8 Å². The van der Waals surface area contributed by atoms with E-state index in [2.05, 4.69) is 5.32 Å². The first-order chi connectivity index (χ1) is 12.1. The molecule has 2 atom stereocenters. The molecule has 0 spiro atoms. The number of rotatable bonds is 6. The summed E-state index contributed by atoms with van der Waals surface area (Å²) in [5.41, 5.74) is 0.974. The first-order valence-electron chi connectivity index (χ1n) is 7.97. The number of benzene rings is 1. The van der Waals surface area contributed by atoms with Crippen molar-refractivity contribution in [2.24, 2.45) is 0 Å². The van der Waals surface area contributed by atoms with E-state index in [9.17, 15) is 9.59 Å². The first-order valence-corrected chi connectivity index (χ1v) is 9.02. The summed E-state index contributed by atoms with van der Waals surface area (Å²) in [6, 6.07) is 10.6. The SMILES string of the molecule is COc1ccc(C2SCC(=O)N2C(C)C(=O)NCc2ccco2)cc1. The number of furan rings is 1. The van der Waals surface area contributed by atoms with Gasteiger partial charge in [-0.15, -0.1) is 11.8 Å². The molecule has 6 nitrogen and oxygen atoms in total. The molecule has 3 rings (SSSR count). The van der Waals surface area contributed by atoms with E-state index in [1.165, 1.54) is 11.8 Å². The number of nitrogens with one attached hydrogen (secondary N) is 1. The molecule has 1 aliphatic rings. The third-order valence-electron chi connectivity index (χ3n) is 4.12. The molecule has 7 heteroatoms. The van der Waals surface area contributed by atoms with E-state index >= 15 is 0 Å². The predicted octanol–water partition coefficient (Wildman–Crippen LogP) is 2.57. The highest BCUT2D eigenvalue weighted by Crippen LogP contribution is 2.40. The second-order valence-corrected chi connectivity index (χ2v) is 6.78. The molecule has 1 aromatic carbocycles. The zero-order valence-electron chi connectivity index (χ0n) is 14.1. The molecular weight excluding hydrogens is 340 g/mol. The highest BCUT2D eigenvalue weighted by atomic mass is 32.2. The fraction of sp³-hybridized carbons (Fsp3) is 0.333. The largest absolute Gasteiger partial charge is 0.497 e. The molecule has 1 aliphatic heterocycles. The lowest BCUT2D eigenvalue weighted by atomic mass is 10.1. The molecule has 1 N–H and O–H groups in total.